The van der Waals surface area contributed by atoms with E-state index < -0.39 is 41.6 Å². The molecule has 2 aliphatic rings. The van der Waals surface area contributed by atoms with Gasteiger partial charge in [0.1, 0.15) is 23.6 Å². The van der Waals surface area contributed by atoms with Gasteiger partial charge in [0.2, 0.25) is 0 Å². The second-order valence-electron chi connectivity index (χ2n) is 11.7. The van der Waals surface area contributed by atoms with Gasteiger partial charge in [0, 0.05) is 24.6 Å². The van der Waals surface area contributed by atoms with Crippen molar-refractivity contribution in [2.75, 3.05) is 11.9 Å². The normalized spacial score (nSPS) is 24.4. The van der Waals surface area contributed by atoms with Crippen LogP contribution in [-0.4, -0.2) is 63.5 Å². The van der Waals surface area contributed by atoms with Crippen molar-refractivity contribution in [3.05, 3.63) is 54.1 Å². The highest BCUT2D eigenvalue weighted by Gasteiger charge is 2.57. The number of aromatic hydroxyl groups is 2. The Morgan fingerprint density at radius 2 is 1.70 bits per heavy atom. The average molecular weight is 598 g/mol. The van der Waals surface area contributed by atoms with E-state index in [1.54, 1.807) is 38.1 Å². The lowest BCUT2D eigenvalue weighted by Crippen LogP contribution is -2.57. The van der Waals surface area contributed by atoms with Gasteiger partial charge in [-0.1, -0.05) is 45.1 Å². The fourth-order valence-electron chi connectivity index (χ4n) is 5.45. The SMILES string of the molecule is CCCCCCCCOc1ccc(NC(=O)[C@@]2(O)C[C@@H](OC(=O)/C=C/c3ccc(O)c(O)c3)C3OC(C)(C)O[C@@H]3C2)cc1. The zero-order valence-corrected chi connectivity index (χ0v) is 25.1. The van der Waals surface area contributed by atoms with Gasteiger partial charge in [0.05, 0.1) is 12.7 Å². The number of benzene rings is 2. The third-order valence-electron chi connectivity index (χ3n) is 7.65. The zero-order chi connectivity index (χ0) is 31.0. The first-order chi connectivity index (χ1) is 20.5. The van der Waals surface area contributed by atoms with E-state index in [0.717, 1.165) is 18.9 Å². The monoisotopic (exact) mass is 597 g/mol. The van der Waals surface area contributed by atoms with Crippen molar-refractivity contribution in [1.82, 2.24) is 0 Å². The molecule has 1 saturated heterocycles. The van der Waals surface area contributed by atoms with Crippen molar-refractivity contribution in [3.63, 3.8) is 0 Å². The van der Waals surface area contributed by atoms with E-state index in [9.17, 15) is 24.9 Å². The maximum atomic E-state index is 13.4. The number of carbonyl (C=O) groups excluding carboxylic acids is 2. The number of nitrogens with one attached hydrogen (secondary N) is 1. The van der Waals surface area contributed by atoms with E-state index >= 15 is 0 Å². The second-order valence-corrected chi connectivity index (χ2v) is 11.7. The van der Waals surface area contributed by atoms with Gasteiger partial charge < -0.3 is 39.6 Å². The highest BCUT2D eigenvalue weighted by atomic mass is 16.8. The van der Waals surface area contributed by atoms with Gasteiger partial charge in [-0.05, 0) is 68.3 Å². The summed E-state index contributed by atoms with van der Waals surface area (Å²) in [6.45, 7) is 6.27. The Morgan fingerprint density at radius 3 is 2.42 bits per heavy atom. The summed E-state index contributed by atoms with van der Waals surface area (Å²) in [6.07, 6.45) is 7.07. The third-order valence-corrected chi connectivity index (χ3v) is 7.65. The Bertz CT molecular complexity index is 1280. The minimum Gasteiger partial charge on any atom is -0.504 e. The quantitative estimate of drug-likeness (QED) is 0.103. The summed E-state index contributed by atoms with van der Waals surface area (Å²) < 4.78 is 23.4. The number of phenolic OH excluding ortho intramolecular Hbond substituents is 2. The van der Waals surface area contributed by atoms with Gasteiger partial charge in [-0.2, -0.15) is 0 Å². The van der Waals surface area contributed by atoms with E-state index in [1.807, 2.05) is 0 Å². The molecule has 1 unspecified atom stereocenters. The molecule has 0 aromatic heterocycles. The molecule has 10 nitrogen and oxygen atoms in total. The fourth-order valence-corrected chi connectivity index (χ4v) is 5.45. The summed E-state index contributed by atoms with van der Waals surface area (Å²) in [5.74, 6) is -2.27. The molecule has 4 rings (SSSR count). The molecular formula is C33H43NO9. The van der Waals surface area contributed by atoms with Crippen molar-refractivity contribution in [2.24, 2.45) is 0 Å². The Balaban J connectivity index is 1.36. The van der Waals surface area contributed by atoms with Crippen LogP contribution >= 0.6 is 0 Å². The molecule has 1 amide bonds. The van der Waals surface area contributed by atoms with E-state index in [0.29, 0.717) is 23.6 Å². The molecule has 4 N–H and O–H groups in total. The number of anilines is 1. The average Bonchev–Trinajstić information content (AvgIpc) is 3.27. The summed E-state index contributed by atoms with van der Waals surface area (Å²) in [5, 5.41) is 33.4. The molecule has 2 fully saturated rings. The lowest BCUT2D eigenvalue weighted by Gasteiger charge is -2.40. The van der Waals surface area contributed by atoms with Crippen LogP contribution in [0.4, 0.5) is 5.69 Å². The maximum absolute atomic E-state index is 13.4. The molecule has 0 bridgehead atoms. The van der Waals surface area contributed by atoms with E-state index in [4.69, 9.17) is 18.9 Å². The number of rotatable bonds is 13. The number of carbonyl (C=O) groups is 2. The van der Waals surface area contributed by atoms with Crippen molar-refractivity contribution in [1.29, 1.82) is 0 Å². The van der Waals surface area contributed by atoms with E-state index in [1.165, 1.54) is 50.0 Å². The molecule has 10 heteroatoms. The number of phenols is 2. The fraction of sp³-hybridized carbons (Fsp3) is 0.515. The first-order valence-electron chi connectivity index (χ1n) is 15.0. The van der Waals surface area contributed by atoms with Gasteiger partial charge in [0.15, 0.2) is 17.3 Å². The molecule has 1 aliphatic heterocycles. The first-order valence-corrected chi connectivity index (χ1v) is 15.0. The Hall–Kier alpha value is -3.60. The smallest absolute Gasteiger partial charge is 0.331 e. The highest BCUT2D eigenvalue weighted by molar-refractivity contribution is 5.97. The first kappa shape index (κ1) is 32.3. The number of aliphatic hydroxyl groups is 1. The highest BCUT2D eigenvalue weighted by Crippen LogP contribution is 2.42. The summed E-state index contributed by atoms with van der Waals surface area (Å²) in [7, 11) is 0. The molecule has 0 radical (unpaired) electrons. The molecular weight excluding hydrogens is 554 g/mol. The molecule has 0 spiro atoms. The predicted octanol–water partition coefficient (Wildman–Crippen LogP) is 5.45. The Labute approximate surface area is 252 Å². The van der Waals surface area contributed by atoms with Crippen LogP contribution in [-0.2, 0) is 23.8 Å². The Kier molecular flexibility index (Phi) is 10.7. The van der Waals surface area contributed by atoms with Crippen LogP contribution < -0.4 is 10.1 Å². The molecule has 1 heterocycles. The van der Waals surface area contributed by atoms with Crippen LogP contribution in [0.3, 0.4) is 0 Å². The topological polar surface area (TPSA) is 144 Å². The minimum atomic E-state index is -1.89. The van der Waals surface area contributed by atoms with Gasteiger partial charge in [-0.3, -0.25) is 4.79 Å². The summed E-state index contributed by atoms with van der Waals surface area (Å²) in [6, 6.07) is 11.1. The van der Waals surface area contributed by atoms with Crippen molar-refractivity contribution >= 4 is 23.6 Å². The molecule has 43 heavy (non-hydrogen) atoms. The number of amides is 1. The summed E-state index contributed by atoms with van der Waals surface area (Å²) in [4.78, 5) is 26.1. The van der Waals surface area contributed by atoms with E-state index in [-0.39, 0.29) is 24.3 Å². The summed E-state index contributed by atoms with van der Waals surface area (Å²) >= 11 is 0. The van der Waals surface area contributed by atoms with Crippen LogP contribution in [0.5, 0.6) is 17.2 Å². The van der Waals surface area contributed by atoms with Gasteiger partial charge in [0.25, 0.3) is 5.91 Å². The van der Waals surface area contributed by atoms with Crippen molar-refractivity contribution in [3.8, 4) is 17.2 Å². The van der Waals surface area contributed by atoms with Gasteiger partial charge >= 0.3 is 5.97 Å². The zero-order valence-electron chi connectivity index (χ0n) is 25.1. The Morgan fingerprint density at radius 1 is 0.977 bits per heavy atom. The molecule has 234 valence electrons. The largest absolute Gasteiger partial charge is 0.504 e. The number of esters is 1. The lowest BCUT2D eigenvalue weighted by molar-refractivity contribution is -0.175. The van der Waals surface area contributed by atoms with Gasteiger partial charge in [-0.15, -0.1) is 0 Å². The number of hydrogen-bond donors (Lipinski definition) is 4. The molecule has 2 aromatic rings. The van der Waals surface area contributed by atoms with Crippen LogP contribution in [0.15, 0.2) is 48.5 Å². The third kappa shape index (κ3) is 8.95. The van der Waals surface area contributed by atoms with Crippen molar-refractivity contribution < 1.29 is 43.9 Å². The van der Waals surface area contributed by atoms with Crippen LogP contribution in [0.25, 0.3) is 6.08 Å². The maximum Gasteiger partial charge on any atom is 0.331 e. The lowest BCUT2D eigenvalue weighted by atomic mass is 9.79. The number of unbranched alkanes of at least 4 members (excludes halogenated alkanes) is 5. The summed E-state index contributed by atoms with van der Waals surface area (Å²) in [5.41, 5.74) is -0.940. The molecule has 2 aromatic carbocycles. The van der Waals surface area contributed by atoms with Crippen LogP contribution in [0.2, 0.25) is 0 Å². The van der Waals surface area contributed by atoms with Gasteiger partial charge in [-0.25, -0.2) is 4.79 Å². The second kappa shape index (κ2) is 14.2. The minimum absolute atomic E-state index is 0.0386. The number of ether oxygens (including phenoxy) is 4. The van der Waals surface area contributed by atoms with E-state index in [2.05, 4.69) is 12.2 Å². The van der Waals surface area contributed by atoms with Crippen LogP contribution in [0, 0.1) is 0 Å². The van der Waals surface area contributed by atoms with Crippen molar-refractivity contribution in [2.45, 2.75) is 102 Å². The molecule has 1 aliphatic carbocycles. The van der Waals surface area contributed by atoms with Crippen LogP contribution in [0.1, 0.15) is 77.7 Å². The number of fused-ring (bicyclic) bond motifs is 1. The molecule has 4 atom stereocenters. The number of hydrogen-bond acceptors (Lipinski definition) is 9. The predicted molar refractivity (Wildman–Crippen MR) is 161 cm³/mol. The molecule has 1 saturated carbocycles. The standard InChI is InChI=1S/C33H43NO9/c1-4-5-6-7-8-9-18-40-24-14-12-23(13-15-24)34-31(38)33(39)20-27(30-28(21-33)42-32(2,3)43-30)41-29(37)17-11-22-10-16-25(35)26(36)19-22/h10-17,19,27-28,30,35-36,39H,4-9,18,20-21H2,1-3H3,(H,34,38)/b17-11+/t27-,28-,30?,33-/m1/s1.